The van der Waals surface area contributed by atoms with Crippen molar-refractivity contribution in [2.75, 3.05) is 12.4 Å². The van der Waals surface area contributed by atoms with Gasteiger partial charge in [-0.1, -0.05) is 0 Å². The van der Waals surface area contributed by atoms with Crippen LogP contribution in [0.4, 0.5) is 5.00 Å². The van der Waals surface area contributed by atoms with E-state index in [1.165, 1.54) is 35.4 Å². The summed E-state index contributed by atoms with van der Waals surface area (Å²) in [6, 6.07) is 0.567. The SMILES string of the molecule is COC(=O)c1c(NC(=O)C(C)n2ccc(C(=O)O)n2)sc(C)c1C. The van der Waals surface area contributed by atoms with Crippen molar-refractivity contribution >= 4 is 34.2 Å². The number of carboxylic acids is 1. The first-order chi connectivity index (χ1) is 11.3. The summed E-state index contributed by atoms with van der Waals surface area (Å²) < 4.78 is 6.01. The van der Waals surface area contributed by atoms with Crippen LogP contribution in [-0.2, 0) is 9.53 Å². The Morgan fingerprint density at radius 1 is 1.38 bits per heavy atom. The van der Waals surface area contributed by atoms with Crippen molar-refractivity contribution in [2.45, 2.75) is 26.8 Å². The quantitative estimate of drug-likeness (QED) is 0.799. The number of anilines is 1. The highest BCUT2D eigenvalue weighted by molar-refractivity contribution is 7.16. The molecule has 0 aliphatic rings. The molecule has 128 valence electrons. The molecule has 2 N–H and O–H groups in total. The van der Waals surface area contributed by atoms with Crippen LogP contribution in [0.2, 0.25) is 0 Å². The summed E-state index contributed by atoms with van der Waals surface area (Å²) >= 11 is 1.28. The lowest BCUT2D eigenvalue weighted by Gasteiger charge is -2.12. The van der Waals surface area contributed by atoms with Crippen molar-refractivity contribution in [1.82, 2.24) is 9.78 Å². The first-order valence-corrected chi connectivity index (χ1v) is 7.85. The Balaban J connectivity index is 2.24. The van der Waals surface area contributed by atoms with Crippen LogP contribution in [0.5, 0.6) is 0 Å². The molecule has 2 heterocycles. The average Bonchev–Trinajstić information content (AvgIpc) is 3.12. The van der Waals surface area contributed by atoms with E-state index in [9.17, 15) is 14.4 Å². The topological polar surface area (TPSA) is 111 Å². The average molecular weight is 351 g/mol. The Bertz CT molecular complexity index is 808. The van der Waals surface area contributed by atoms with Crippen molar-refractivity contribution in [3.05, 3.63) is 34.0 Å². The number of hydrogen-bond donors (Lipinski definition) is 2. The van der Waals surface area contributed by atoms with Crippen molar-refractivity contribution in [2.24, 2.45) is 0 Å². The fraction of sp³-hybridized carbons (Fsp3) is 0.333. The molecule has 0 spiro atoms. The number of esters is 1. The van der Waals surface area contributed by atoms with E-state index in [1.807, 2.05) is 6.92 Å². The molecule has 0 aliphatic carbocycles. The Morgan fingerprint density at radius 3 is 2.58 bits per heavy atom. The van der Waals surface area contributed by atoms with Gasteiger partial charge in [0.2, 0.25) is 5.91 Å². The highest BCUT2D eigenvalue weighted by Crippen LogP contribution is 2.33. The van der Waals surface area contributed by atoms with Gasteiger partial charge in [-0.2, -0.15) is 5.10 Å². The number of hydrogen-bond acceptors (Lipinski definition) is 6. The van der Waals surface area contributed by atoms with E-state index in [2.05, 4.69) is 10.4 Å². The lowest BCUT2D eigenvalue weighted by atomic mass is 10.1. The van der Waals surface area contributed by atoms with Crippen LogP contribution in [0, 0.1) is 13.8 Å². The van der Waals surface area contributed by atoms with Gasteiger partial charge in [0.25, 0.3) is 0 Å². The molecule has 0 saturated heterocycles. The maximum Gasteiger partial charge on any atom is 0.356 e. The second-order valence-electron chi connectivity index (χ2n) is 5.13. The molecule has 1 amide bonds. The van der Waals surface area contributed by atoms with Gasteiger partial charge < -0.3 is 15.2 Å². The molecule has 8 nitrogen and oxygen atoms in total. The number of methoxy groups -OCH3 is 1. The molecule has 1 atom stereocenters. The van der Waals surface area contributed by atoms with Gasteiger partial charge in [0.05, 0.1) is 12.7 Å². The van der Waals surface area contributed by atoms with Gasteiger partial charge in [-0.05, 0) is 32.4 Å². The second-order valence-corrected chi connectivity index (χ2v) is 6.36. The summed E-state index contributed by atoms with van der Waals surface area (Å²) in [4.78, 5) is 36.1. The molecule has 0 saturated carbocycles. The largest absolute Gasteiger partial charge is 0.476 e. The first-order valence-electron chi connectivity index (χ1n) is 7.03. The number of amides is 1. The smallest absolute Gasteiger partial charge is 0.356 e. The lowest BCUT2D eigenvalue weighted by Crippen LogP contribution is -2.24. The molecule has 0 aromatic carbocycles. The number of thiophene rings is 1. The van der Waals surface area contributed by atoms with Crippen LogP contribution >= 0.6 is 11.3 Å². The van der Waals surface area contributed by atoms with Crippen molar-refractivity contribution in [3.8, 4) is 0 Å². The maximum absolute atomic E-state index is 12.4. The van der Waals surface area contributed by atoms with Gasteiger partial charge in [0, 0.05) is 11.1 Å². The number of carbonyl (C=O) groups is 3. The van der Waals surface area contributed by atoms with Crippen LogP contribution in [-0.4, -0.2) is 39.8 Å². The van der Waals surface area contributed by atoms with Gasteiger partial charge in [-0.25, -0.2) is 9.59 Å². The molecule has 24 heavy (non-hydrogen) atoms. The summed E-state index contributed by atoms with van der Waals surface area (Å²) in [6.45, 7) is 5.21. The van der Waals surface area contributed by atoms with Crippen molar-refractivity contribution in [3.63, 3.8) is 0 Å². The van der Waals surface area contributed by atoms with Crippen LogP contribution in [0.15, 0.2) is 12.3 Å². The molecule has 0 bridgehead atoms. The number of nitrogens with one attached hydrogen (secondary N) is 1. The number of ether oxygens (including phenoxy) is 1. The standard InChI is InChI=1S/C15H17N3O5S/c1-7-9(3)24-13(11(7)15(22)23-4)16-12(19)8(2)18-6-5-10(17-18)14(20)21/h5-6,8H,1-4H3,(H,16,19)(H,20,21). The Kier molecular flexibility index (Phi) is 5.03. The summed E-state index contributed by atoms with van der Waals surface area (Å²) in [5.41, 5.74) is 0.932. The monoisotopic (exact) mass is 351 g/mol. The number of aromatic nitrogens is 2. The van der Waals surface area contributed by atoms with Crippen molar-refractivity contribution < 1.29 is 24.2 Å². The molecule has 2 aromatic heterocycles. The minimum absolute atomic E-state index is 0.146. The van der Waals surface area contributed by atoms with E-state index in [-0.39, 0.29) is 5.69 Å². The van der Waals surface area contributed by atoms with Crippen LogP contribution in [0.3, 0.4) is 0 Å². The van der Waals surface area contributed by atoms with Gasteiger partial charge >= 0.3 is 11.9 Å². The van der Waals surface area contributed by atoms with Gasteiger partial charge in [0.1, 0.15) is 11.0 Å². The summed E-state index contributed by atoms with van der Waals surface area (Å²) in [5, 5.41) is 15.8. The number of aryl methyl sites for hydroxylation is 1. The molecule has 2 aromatic rings. The summed E-state index contributed by atoms with van der Waals surface area (Å²) in [7, 11) is 1.28. The number of nitrogens with zero attached hydrogens (tertiary/aromatic N) is 2. The third-order valence-corrected chi connectivity index (χ3v) is 4.74. The summed E-state index contributed by atoms with van der Waals surface area (Å²) in [6.07, 6.45) is 1.42. The number of carboxylic acid groups (broad SMARTS) is 1. The normalized spacial score (nSPS) is 11.8. The van der Waals surface area contributed by atoms with E-state index in [1.54, 1.807) is 13.8 Å². The molecular formula is C15H17N3O5S. The fourth-order valence-electron chi connectivity index (χ4n) is 2.07. The maximum atomic E-state index is 12.4. The number of aromatic carboxylic acids is 1. The Labute approximate surface area is 142 Å². The predicted octanol–water partition coefficient (Wildman–Crippen LogP) is 2.25. The van der Waals surface area contributed by atoms with E-state index in [0.29, 0.717) is 10.6 Å². The van der Waals surface area contributed by atoms with E-state index >= 15 is 0 Å². The second kappa shape index (κ2) is 6.83. The zero-order valence-electron chi connectivity index (χ0n) is 13.6. The van der Waals surface area contributed by atoms with E-state index in [0.717, 1.165) is 10.4 Å². The van der Waals surface area contributed by atoms with E-state index in [4.69, 9.17) is 9.84 Å². The Hall–Kier alpha value is -2.68. The third kappa shape index (κ3) is 3.30. The minimum Gasteiger partial charge on any atom is -0.476 e. The minimum atomic E-state index is -1.17. The fourth-order valence-corrected chi connectivity index (χ4v) is 3.12. The summed E-state index contributed by atoms with van der Waals surface area (Å²) in [5.74, 6) is -2.10. The predicted molar refractivity (Wildman–Crippen MR) is 87.7 cm³/mol. The van der Waals surface area contributed by atoms with Gasteiger partial charge in [-0.15, -0.1) is 11.3 Å². The third-order valence-electron chi connectivity index (χ3n) is 3.62. The number of carbonyl (C=O) groups excluding carboxylic acids is 2. The van der Waals surface area contributed by atoms with Crippen LogP contribution in [0.1, 0.15) is 44.3 Å². The molecular weight excluding hydrogens is 334 g/mol. The molecule has 9 heteroatoms. The van der Waals surface area contributed by atoms with Gasteiger partial charge in [0.15, 0.2) is 5.69 Å². The molecule has 1 unspecified atom stereocenters. The zero-order chi connectivity index (χ0) is 18.0. The number of rotatable bonds is 5. The van der Waals surface area contributed by atoms with Gasteiger partial charge in [-0.3, -0.25) is 9.48 Å². The molecule has 0 fully saturated rings. The molecule has 0 radical (unpaired) electrons. The van der Waals surface area contributed by atoms with Crippen LogP contribution < -0.4 is 5.32 Å². The highest BCUT2D eigenvalue weighted by atomic mass is 32.1. The van der Waals surface area contributed by atoms with Crippen LogP contribution in [0.25, 0.3) is 0 Å². The van der Waals surface area contributed by atoms with E-state index < -0.39 is 23.9 Å². The first kappa shape index (κ1) is 17.7. The highest BCUT2D eigenvalue weighted by Gasteiger charge is 2.24. The Morgan fingerprint density at radius 2 is 2.04 bits per heavy atom. The zero-order valence-corrected chi connectivity index (χ0v) is 14.4. The molecule has 0 aliphatic heterocycles. The molecule has 2 rings (SSSR count). The lowest BCUT2D eigenvalue weighted by molar-refractivity contribution is -0.119. The van der Waals surface area contributed by atoms with Crippen molar-refractivity contribution in [1.29, 1.82) is 0 Å².